The molecule has 1 aromatic rings. The van der Waals surface area contributed by atoms with E-state index in [2.05, 4.69) is 15.4 Å². The maximum atomic E-state index is 15.5. The number of phenols is 1. The second-order valence-corrected chi connectivity index (χ2v) is 13.6. The summed E-state index contributed by atoms with van der Waals surface area (Å²) in [6.07, 6.45) is 2.18. The number of phenolic OH excluding ortho intramolecular Hbond substituents is 1. The summed E-state index contributed by atoms with van der Waals surface area (Å²) in [5, 5.41) is 50.2. The van der Waals surface area contributed by atoms with Gasteiger partial charge in [0.2, 0.25) is 21.7 Å². The van der Waals surface area contributed by atoms with Crippen LogP contribution in [0.15, 0.2) is 23.0 Å². The molecule has 4 aliphatic rings. The Bertz CT molecular complexity index is 1670. The van der Waals surface area contributed by atoms with E-state index < -0.39 is 96.7 Å². The van der Waals surface area contributed by atoms with Gasteiger partial charge in [-0.3, -0.25) is 24.1 Å². The van der Waals surface area contributed by atoms with Crippen molar-refractivity contribution in [2.75, 3.05) is 44.3 Å². The molecule has 0 bridgehead atoms. The van der Waals surface area contributed by atoms with Gasteiger partial charge >= 0.3 is 0 Å². The van der Waals surface area contributed by atoms with E-state index >= 15 is 4.39 Å². The molecule has 0 spiro atoms. The van der Waals surface area contributed by atoms with Gasteiger partial charge in [-0.2, -0.15) is 0 Å². The molecule has 2 amide bonds. The number of benzene rings is 1. The minimum absolute atomic E-state index is 0.00769. The Kier molecular flexibility index (Phi) is 8.52. The summed E-state index contributed by atoms with van der Waals surface area (Å²) in [4.78, 5) is 54.0. The number of nitrogens with zero attached hydrogens (tertiary/aromatic N) is 1. The number of anilines is 1. The molecule has 4 atom stereocenters. The highest BCUT2D eigenvalue weighted by Crippen LogP contribution is 2.53. The van der Waals surface area contributed by atoms with E-state index in [1.807, 2.05) is 4.90 Å². The number of hydrogen-bond donors (Lipinski definition) is 8. The van der Waals surface area contributed by atoms with Crippen LogP contribution < -0.4 is 21.1 Å². The molecule has 1 heterocycles. The average Bonchev–Trinajstić information content (AvgIpc) is 3.45. The number of carbonyl (C=O) groups excluding carboxylic acids is 4. The van der Waals surface area contributed by atoms with Crippen molar-refractivity contribution in [3.8, 4) is 5.75 Å². The molecule has 0 radical (unpaired) electrons. The highest BCUT2D eigenvalue weighted by molar-refractivity contribution is 7.88. The summed E-state index contributed by atoms with van der Waals surface area (Å²) in [7, 11) is -3.61. The Balaban J connectivity index is 1.53. The number of hydrogen-bond acceptors (Lipinski definition) is 12. The molecule has 0 unspecified atom stereocenters. The third-order valence-electron chi connectivity index (χ3n) is 8.84. The standard InChI is InChI=1S/C28H34FN5O10S/c1-45(43,44)32-5-4-31-21-14-9-12-8-13-15(29)10-16(33-17(35)11-34-6-2-3-7-34)22(36)19(13)23(37)18(12)25(39)28(14,42)26(40)20(24(21)38)27(30)41/h10,12,14,21,31-32,36-37,40,42H,2-9,11H2,1H3,(H2,30,41)(H,33,35)/t12-,14-,21-,28-/m0/s1. The van der Waals surface area contributed by atoms with E-state index in [9.17, 15) is 48.0 Å². The van der Waals surface area contributed by atoms with Crippen molar-refractivity contribution >= 4 is 44.9 Å². The predicted octanol–water partition coefficient (Wildman–Crippen LogP) is -1.29. The van der Waals surface area contributed by atoms with Gasteiger partial charge in [0.15, 0.2) is 17.1 Å². The van der Waals surface area contributed by atoms with Crippen molar-refractivity contribution in [3.05, 3.63) is 39.9 Å². The Morgan fingerprint density at radius 1 is 1.16 bits per heavy atom. The lowest BCUT2D eigenvalue weighted by Crippen LogP contribution is -2.66. The fourth-order valence-electron chi connectivity index (χ4n) is 6.83. The summed E-state index contributed by atoms with van der Waals surface area (Å²) in [6.45, 7) is 0.986. The molecule has 3 aliphatic carbocycles. The Morgan fingerprint density at radius 2 is 1.82 bits per heavy atom. The molecule has 9 N–H and O–H groups in total. The van der Waals surface area contributed by atoms with Gasteiger partial charge in [-0.25, -0.2) is 17.5 Å². The number of primary amides is 1. The first-order valence-electron chi connectivity index (χ1n) is 14.3. The maximum absolute atomic E-state index is 15.5. The molecule has 2 fully saturated rings. The number of nitrogens with two attached hydrogens (primary N) is 1. The minimum Gasteiger partial charge on any atom is -0.508 e. The van der Waals surface area contributed by atoms with Crippen LogP contribution in [0.5, 0.6) is 5.75 Å². The van der Waals surface area contributed by atoms with Crippen LogP contribution in [0.3, 0.4) is 0 Å². The van der Waals surface area contributed by atoms with Gasteiger partial charge < -0.3 is 36.8 Å². The van der Waals surface area contributed by atoms with E-state index in [1.165, 1.54) is 0 Å². The first-order valence-corrected chi connectivity index (χ1v) is 16.2. The highest BCUT2D eigenvalue weighted by Gasteiger charge is 2.63. The molecular weight excluding hydrogens is 617 g/mol. The molecule has 1 saturated carbocycles. The largest absolute Gasteiger partial charge is 0.508 e. The summed E-state index contributed by atoms with van der Waals surface area (Å²) in [6, 6.07) is -0.623. The fraction of sp³-hybridized carbons (Fsp3) is 0.500. The normalized spacial score (nSPS) is 26.9. The van der Waals surface area contributed by atoms with Gasteiger partial charge in [-0.05, 0) is 44.7 Å². The van der Waals surface area contributed by atoms with E-state index in [-0.39, 0.29) is 43.7 Å². The van der Waals surface area contributed by atoms with Gasteiger partial charge in [0.25, 0.3) is 5.91 Å². The Labute approximate surface area is 257 Å². The fourth-order valence-corrected chi connectivity index (χ4v) is 7.30. The molecule has 5 rings (SSSR count). The number of likely N-dealkylation sites (tertiary alicyclic amines) is 1. The monoisotopic (exact) mass is 651 g/mol. The first kappa shape index (κ1) is 32.5. The Morgan fingerprint density at radius 3 is 2.44 bits per heavy atom. The van der Waals surface area contributed by atoms with Crippen LogP contribution in [0.25, 0.3) is 5.76 Å². The number of halogens is 1. The number of sulfonamides is 1. The lowest BCUT2D eigenvalue weighted by Gasteiger charge is -2.49. The molecule has 45 heavy (non-hydrogen) atoms. The third kappa shape index (κ3) is 5.69. The van der Waals surface area contributed by atoms with Crippen molar-refractivity contribution in [2.45, 2.75) is 37.3 Å². The van der Waals surface area contributed by atoms with Crippen LogP contribution in [0.4, 0.5) is 10.1 Å². The maximum Gasteiger partial charge on any atom is 0.255 e. The number of amides is 2. The molecule has 0 aromatic heterocycles. The second kappa shape index (κ2) is 11.8. The van der Waals surface area contributed by atoms with Gasteiger partial charge in [0.1, 0.15) is 22.9 Å². The number of aliphatic hydroxyl groups excluding tert-OH is 2. The number of carbonyl (C=O) groups is 4. The zero-order chi connectivity index (χ0) is 33.0. The topological polar surface area (TPSA) is 249 Å². The second-order valence-electron chi connectivity index (χ2n) is 11.8. The number of nitrogens with one attached hydrogen (secondary N) is 3. The number of fused-ring (bicyclic) bond motifs is 3. The molecule has 17 heteroatoms. The zero-order valence-electron chi connectivity index (χ0n) is 24.2. The molecule has 1 saturated heterocycles. The summed E-state index contributed by atoms with van der Waals surface area (Å²) >= 11 is 0. The number of rotatable bonds is 9. The van der Waals surface area contributed by atoms with Crippen molar-refractivity contribution in [1.82, 2.24) is 14.9 Å². The number of Topliss-reactive ketones (excluding diaryl/α,β-unsaturated/α-hetero) is 2. The van der Waals surface area contributed by atoms with Crippen LogP contribution in [0.2, 0.25) is 0 Å². The first-order chi connectivity index (χ1) is 21.1. The van der Waals surface area contributed by atoms with Crippen molar-refractivity contribution in [3.63, 3.8) is 0 Å². The number of aromatic hydroxyl groups is 1. The smallest absolute Gasteiger partial charge is 0.255 e. The zero-order valence-corrected chi connectivity index (χ0v) is 25.0. The van der Waals surface area contributed by atoms with Gasteiger partial charge in [0.05, 0.1) is 30.1 Å². The SMILES string of the molecule is CS(=O)(=O)NCCN[C@@H]1C(=O)C(C(N)=O)=C(O)[C@@]2(O)C(=O)C3=C(O)c4c(O)c(NC(=O)CN5CCCC5)cc(F)c4C[C@H]3C[C@@H]12. The Hall–Kier alpha value is -3.90. The van der Waals surface area contributed by atoms with Crippen LogP contribution >= 0.6 is 0 Å². The van der Waals surface area contributed by atoms with E-state index in [4.69, 9.17) is 5.73 Å². The molecule has 1 aromatic carbocycles. The predicted molar refractivity (Wildman–Crippen MR) is 156 cm³/mol. The van der Waals surface area contributed by atoms with Gasteiger partial charge in [0, 0.05) is 36.2 Å². The van der Waals surface area contributed by atoms with E-state index in [0.717, 1.165) is 25.2 Å². The van der Waals surface area contributed by atoms with Crippen molar-refractivity contribution in [1.29, 1.82) is 0 Å². The highest BCUT2D eigenvalue weighted by atomic mass is 32.2. The number of aliphatic hydroxyl groups is 3. The molecule has 1 aliphatic heterocycles. The summed E-state index contributed by atoms with van der Waals surface area (Å²) < 4.78 is 40.6. The van der Waals surface area contributed by atoms with Gasteiger partial charge in [-0.1, -0.05) is 0 Å². The third-order valence-corrected chi connectivity index (χ3v) is 9.57. The van der Waals surface area contributed by atoms with Crippen LogP contribution in [-0.4, -0.2) is 108 Å². The summed E-state index contributed by atoms with van der Waals surface area (Å²) in [5.41, 5.74) is -0.192. The molecular formula is C28H34FN5O10S. The lowest BCUT2D eigenvalue weighted by atomic mass is 9.57. The van der Waals surface area contributed by atoms with Crippen molar-refractivity contribution < 1.29 is 52.4 Å². The van der Waals surface area contributed by atoms with Crippen LogP contribution in [0.1, 0.15) is 30.4 Å². The minimum atomic E-state index is -3.61. The quantitative estimate of drug-likeness (QED) is 0.0883. The van der Waals surface area contributed by atoms with Gasteiger partial charge in [-0.15, -0.1) is 0 Å². The van der Waals surface area contributed by atoms with E-state index in [1.54, 1.807) is 0 Å². The van der Waals surface area contributed by atoms with Crippen LogP contribution in [-0.2, 0) is 35.6 Å². The average molecular weight is 652 g/mol. The summed E-state index contributed by atoms with van der Waals surface area (Å²) in [5.74, 6) is -10.7. The van der Waals surface area contributed by atoms with Crippen LogP contribution in [0, 0.1) is 17.7 Å². The molecule has 244 valence electrons. The lowest BCUT2D eigenvalue weighted by molar-refractivity contribution is -0.150. The van der Waals surface area contributed by atoms with Crippen molar-refractivity contribution in [2.24, 2.45) is 17.6 Å². The molecule has 15 nitrogen and oxygen atoms in total. The number of ketones is 2. The van der Waals surface area contributed by atoms with E-state index in [0.29, 0.717) is 13.1 Å².